The highest BCUT2D eigenvalue weighted by Gasteiger charge is 2.25. The van der Waals surface area contributed by atoms with Gasteiger partial charge in [0.15, 0.2) is 0 Å². The number of amidine groups is 1. The summed E-state index contributed by atoms with van der Waals surface area (Å²) in [4.78, 5) is 17.4. The Bertz CT molecular complexity index is 358. The maximum atomic E-state index is 11.6. The van der Waals surface area contributed by atoms with Gasteiger partial charge in [0.2, 0.25) is 0 Å². The molecule has 0 fully saturated rings. The van der Waals surface area contributed by atoms with E-state index >= 15 is 0 Å². The molecule has 1 heterocycles. The van der Waals surface area contributed by atoms with Crippen molar-refractivity contribution in [1.29, 1.82) is 0 Å². The molecule has 0 radical (unpaired) electrons. The molecule has 1 aliphatic heterocycles. The van der Waals surface area contributed by atoms with Crippen LogP contribution in [0.2, 0.25) is 0 Å². The van der Waals surface area contributed by atoms with Crippen LogP contribution in [0.25, 0.3) is 0 Å². The molecule has 1 aliphatic rings. The lowest BCUT2D eigenvalue weighted by Crippen LogP contribution is -2.25. The minimum Gasteiger partial charge on any atom is -0.298 e. The van der Waals surface area contributed by atoms with Crippen LogP contribution in [0.5, 0.6) is 0 Å². The summed E-state index contributed by atoms with van der Waals surface area (Å²) in [5, 5.41) is 0. The standard InChI is InChI=1S/C11H14N2O/c1-5-6-7-8(2)10-11(14)13(4)9(3)12-10/h1H,6-7H2,2-4H3/b10-8-. The van der Waals surface area contributed by atoms with E-state index in [-0.39, 0.29) is 5.91 Å². The van der Waals surface area contributed by atoms with Crippen LogP contribution in [-0.2, 0) is 4.79 Å². The van der Waals surface area contributed by atoms with E-state index in [0.717, 1.165) is 17.8 Å². The van der Waals surface area contributed by atoms with Crippen LogP contribution in [-0.4, -0.2) is 23.7 Å². The zero-order chi connectivity index (χ0) is 10.7. The van der Waals surface area contributed by atoms with Gasteiger partial charge in [0.05, 0.1) is 0 Å². The fraction of sp³-hybridized carbons (Fsp3) is 0.455. The van der Waals surface area contributed by atoms with E-state index in [9.17, 15) is 4.79 Å². The molecule has 0 aromatic rings. The molecule has 0 aromatic carbocycles. The third-order valence-electron chi connectivity index (χ3n) is 2.31. The fourth-order valence-corrected chi connectivity index (χ4v) is 1.25. The second-order valence-corrected chi connectivity index (χ2v) is 3.36. The first-order valence-electron chi connectivity index (χ1n) is 4.54. The summed E-state index contributed by atoms with van der Waals surface area (Å²) in [6, 6.07) is 0. The van der Waals surface area contributed by atoms with E-state index in [1.54, 1.807) is 11.9 Å². The predicted octanol–water partition coefficient (Wildman–Crippen LogP) is 1.56. The van der Waals surface area contributed by atoms with Gasteiger partial charge in [0.25, 0.3) is 5.91 Å². The van der Waals surface area contributed by atoms with Crippen molar-refractivity contribution in [1.82, 2.24) is 4.90 Å². The van der Waals surface area contributed by atoms with Crippen molar-refractivity contribution in [3.05, 3.63) is 11.3 Å². The lowest BCUT2D eigenvalue weighted by molar-refractivity contribution is -0.121. The number of nitrogens with zero attached hydrogens (tertiary/aromatic N) is 2. The number of hydrogen-bond acceptors (Lipinski definition) is 2. The molecule has 14 heavy (non-hydrogen) atoms. The zero-order valence-electron chi connectivity index (χ0n) is 8.79. The summed E-state index contributed by atoms with van der Waals surface area (Å²) in [7, 11) is 1.72. The van der Waals surface area contributed by atoms with E-state index < -0.39 is 0 Å². The summed E-state index contributed by atoms with van der Waals surface area (Å²) < 4.78 is 0. The van der Waals surface area contributed by atoms with E-state index in [4.69, 9.17) is 6.42 Å². The number of aliphatic imine (C=N–C) groups is 1. The van der Waals surface area contributed by atoms with Gasteiger partial charge in [-0.05, 0) is 25.8 Å². The molecule has 1 amide bonds. The highest BCUT2D eigenvalue weighted by Crippen LogP contribution is 2.19. The molecule has 0 aliphatic carbocycles. The van der Waals surface area contributed by atoms with Gasteiger partial charge in [-0.3, -0.25) is 9.69 Å². The molecule has 0 N–H and O–H groups in total. The summed E-state index contributed by atoms with van der Waals surface area (Å²) in [5.41, 5.74) is 1.52. The molecule has 3 nitrogen and oxygen atoms in total. The van der Waals surface area contributed by atoms with Crippen molar-refractivity contribution in [2.75, 3.05) is 7.05 Å². The molecule has 0 spiro atoms. The Morgan fingerprint density at radius 1 is 1.64 bits per heavy atom. The van der Waals surface area contributed by atoms with Gasteiger partial charge in [-0.1, -0.05) is 0 Å². The highest BCUT2D eigenvalue weighted by atomic mass is 16.2. The van der Waals surface area contributed by atoms with Crippen molar-refractivity contribution < 1.29 is 4.79 Å². The Morgan fingerprint density at radius 3 is 2.71 bits per heavy atom. The highest BCUT2D eigenvalue weighted by molar-refractivity contribution is 6.11. The number of carbonyl (C=O) groups is 1. The molecular formula is C11H14N2O. The normalized spacial score (nSPS) is 19.4. The largest absolute Gasteiger partial charge is 0.298 e. The molecule has 74 valence electrons. The molecular weight excluding hydrogens is 176 g/mol. The van der Waals surface area contributed by atoms with Crippen LogP contribution in [0.3, 0.4) is 0 Å². The maximum Gasteiger partial charge on any atom is 0.277 e. The Kier molecular flexibility index (Phi) is 3.08. The smallest absolute Gasteiger partial charge is 0.277 e. The predicted molar refractivity (Wildman–Crippen MR) is 56.6 cm³/mol. The van der Waals surface area contributed by atoms with Gasteiger partial charge < -0.3 is 0 Å². The van der Waals surface area contributed by atoms with Crippen LogP contribution in [0.4, 0.5) is 0 Å². The van der Waals surface area contributed by atoms with Gasteiger partial charge in [0.1, 0.15) is 11.5 Å². The minimum absolute atomic E-state index is 0.0305. The average Bonchev–Trinajstić information content (AvgIpc) is 2.42. The van der Waals surface area contributed by atoms with Crippen molar-refractivity contribution in [2.45, 2.75) is 26.7 Å². The second-order valence-electron chi connectivity index (χ2n) is 3.36. The number of hydrogen-bond donors (Lipinski definition) is 0. The number of likely N-dealkylation sites (N-methyl/N-ethyl adjacent to an activating group) is 1. The third kappa shape index (κ3) is 1.85. The van der Waals surface area contributed by atoms with E-state index in [1.165, 1.54) is 0 Å². The van der Waals surface area contributed by atoms with Crippen LogP contribution in [0.1, 0.15) is 26.7 Å². The van der Waals surface area contributed by atoms with Crippen LogP contribution < -0.4 is 0 Å². The van der Waals surface area contributed by atoms with Gasteiger partial charge in [-0.2, -0.15) is 0 Å². The number of terminal acetylenes is 1. The van der Waals surface area contributed by atoms with Crippen molar-refractivity contribution in [3.63, 3.8) is 0 Å². The maximum absolute atomic E-state index is 11.6. The summed E-state index contributed by atoms with van der Waals surface area (Å²) in [6.45, 7) is 3.72. The van der Waals surface area contributed by atoms with Gasteiger partial charge in [-0.25, -0.2) is 4.99 Å². The van der Waals surface area contributed by atoms with E-state index in [2.05, 4.69) is 10.9 Å². The molecule has 1 rings (SSSR count). The Labute approximate surface area is 84.5 Å². The van der Waals surface area contributed by atoms with Crippen LogP contribution in [0.15, 0.2) is 16.3 Å². The number of rotatable bonds is 2. The van der Waals surface area contributed by atoms with Gasteiger partial charge >= 0.3 is 0 Å². The lowest BCUT2D eigenvalue weighted by Gasteiger charge is -2.07. The summed E-state index contributed by atoms with van der Waals surface area (Å²) in [6.07, 6.45) is 6.55. The number of allylic oxidation sites excluding steroid dienone is 1. The van der Waals surface area contributed by atoms with Crippen LogP contribution in [0, 0.1) is 12.3 Å². The molecule has 0 bridgehead atoms. The van der Waals surface area contributed by atoms with Crippen molar-refractivity contribution in [2.24, 2.45) is 4.99 Å². The SMILES string of the molecule is C#CCC/C(C)=C1\N=C(C)N(C)C1=O. The van der Waals surface area contributed by atoms with E-state index in [0.29, 0.717) is 12.1 Å². The Balaban J connectivity index is 2.89. The molecule has 0 aromatic heterocycles. The van der Waals surface area contributed by atoms with Gasteiger partial charge in [0, 0.05) is 13.5 Å². The summed E-state index contributed by atoms with van der Waals surface area (Å²) in [5.74, 6) is 3.26. The van der Waals surface area contributed by atoms with Gasteiger partial charge in [-0.15, -0.1) is 12.3 Å². The molecule has 0 atom stereocenters. The first kappa shape index (κ1) is 10.5. The van der Waals surface area contributed by atoms with E-state index in [1.807, 2.05) is 13.8 Å². The molecule has 3 heteroatoms. The Hall–Kier alpha value is -1.56. The quantitative estimate of drug-likeness (QED) is 0.480. The molecule has 0 saturated carbocycles. The lowest BCUT2D eigenvalue weighted by atomic mass is 10.1. The monoisotopic (exact) mass is 190 g/mol. The zero-order valence-corrected chi connectivity index (χ0v) is 8.79. The van der Waals surface area contributed by atoms with Crippen molar-refractivity contribution in [3.8, 4) is 12.3 Å². The third-order valence-corrected chi connectivity index (χ3v) is 2.31. The molecule has 0 unspecified atom stereocenters. The first-order valence-corrected chi connectivity index (χ1v) is 4.54. The summed E-state index contributed by atoms with van der Waals surface area (Å²) >= 11 is 0. The number of amides is 1. The van der Waals surface area contributed by atoms with Crippen molar-refractivity contribution >= 4 is 11.7 Å². The number of carbonyl (C=O) groups excluding carboxylic acids is 1. The fourth-order valence-electron chi connectivity index (χ4n) is 1.25. The second kappa shape index (κ2) is 4.10. The first-order chi connectivity index (χ1) is 6.57. The topological polar surface area (TPSA) is 32.7 Å². The molecule has 0 saturated heterocycles. The Morgan fingerprint density at radius 2 is 2.29 bits per heavy atom. The average molecular weight is 190 g/mol. The van der Waals surface area contributed by atoms with Crippen LogP contribution >= 0.6 is 0 Å². The minimum atomic E-state index is -0.0305.